The Morgan fingerprint density at radius 2 is 2.15 bits per heavy atom. The van der Waals surface area contributed by atoms with Crippen molar-refractivity contribution in [1.82, 2.24) is 0 Å². The predicted octanol–water partition coefficient (Wildman–Crippen LogP) is 4.53. The molecule has 0 aromatic heterocycles. The molecule has 4 heteroatoms. The number of halogens is 1. The lowest BCUT2D eigenvalue weighted by molar-refractivity contribution is 0.0801. The van der Waals surface area contributed by atoms with Crippen molar-refractivity contribution < 1.29 is 4.79 Å². The number of hydrogen-bond acceptors (Lipinski definition) is 2. The van der Waals surface area contributed by atoms with Crippen LogP contribution in [0.4, 0.5) is 0 Å². The number of hydrogen-bond donors (Lipinski definition) is 1. The number of carbonyl (C=O) groups is 1. The normalized spacial score (nSPS) is 27.9. The summed E-state index contributed by atoms with van der Waals surface area (Å²) in [6.45, 7) is 2.01. The summed E-state index contributed by atoms with van der Waals surface area (Å²) in [6, 6.07) is 6.01. The third-order valence-corrected chi connectivity index (χ3v) is 5.38. The van der Waals surface area contributed by atoms with Crippen LogP contribution in [0.15, 0.2) is 33.6 Å². The summed E-state index contributed by atoms with van der Waals surface area (Å²) in [5, 5.41) is 9.19. The largest absolute Gasteiger partial charge is 0.305 e. The predicted molar refractivity (Wildman–Crippen MR) is 88.6 cm³/mol. The topological polar surface area (TPSA) is 40.9 Å². The molecule has 2 unspecified atom stereocenters. The third kappa shape index (κ3) is 2.12. The molecule has 1 fully saturated rings. The smallest absolute Gasteiger partial charge is 0.169 e. The maximum Gasteiger partial charge on any atom is 0.169 e. The molecule has 1 aromatic rings. The average Bonchev–Trinajstić information content (AvgIpc) is 2.66. The summed E-state index contributed by atoms with van der Waals surface area (Å²) in [4.78, 5) is 12.9. The molecule has 0 saturated heterocycles. The van der Waals surface area contributed by atoms with E-state index < -0.39 is 0 Å². The van der Waals surface area contributed by atoms with E-state index in [2.05, 4.69) is 31.2 Å². The Balaban J connectivity index is 2.03. The highest BCUT2D eigenvalue weighted by Crippen LogP contribution is 2.49. The Labute approximate surface area is 129 Å². The molecule has 2 aliphatic carbocycles. The second kappa shape index (κ2) is 4.89. The highest BCUT2D eigenvalue weighted by Gasteiger charge is 2.48. The fraction of sp³-hybridized carbons (Fsp3) is 0.375. The van der Waals surface area contributed by atoms with Gasteiger partial charge in [0.1, 0.15) is 0 Å². The van der Waals surface area contributed by atoms with Crippen molar-refractivity contribution in [3.8, 4) is 0 Å². The van der Waals surface area contributed by atoms with Gasteiger partial charge in [0.2, 0.25) is 0 Å². The quantitative estimate of drug-likeness (QED) is 0.687. The van der Waals surface area contributed by atoms with Gasteiger partial charge in [-0.15, -0.1) is 9.24 Å². The molecule has 1 aromatic carbocycles. The average molecular weight is 350 g/mol. The molecular weight excluding hydrogens is 333 g/mol. The summed E-state index contributed by atoms with van der Waals surface area (Å²) in [6.07, 6.45) is 3.05. The van der Waals surface area contributed by atoms with E-state index >= 15 is 0 Å². The van der Waals surface area contributed by atoms with Crippen molar-refractivity contribution in [3.63, 3.8) is 0 Å². The van der Waals surface area contributed by atoms with Crippen LogP contribution in [0.5, 0.6) is 0 Å². The molecular formula is C16H17BrNOP. The van der Waals surface area contributed by atoms with E-state index in [9.17, 15) is 4.79 Å². The second-order valence-electron chi connectivity index (χ2n) is 5.90. The van der Waals surface area contributed by atoms with Crippen LogP contribution in [0.2, 0.25) is 0 Å². The summed E-state index contributed by atoms with van der Waals surface area (Å²) in [5.41, 5.74) is 3.48. The van der Waals surface area contributed by atoms with Gasteiger partial charge >= 0.3 is 0 Å². The minimum atomic E-state index is -0.305. The molecule has 0 heterocycles. The van der Waals surface area contributed by atoms with E-state index in [1.54, 1.807) is 0 Å². The lowest BCUT2D eigenvalue weighted by Crippen LogP contribution is -2.34. The molecule has 1 spiro atoms. The van der Waals surface area contributed by atoms with Gasteiger partial charge in [-0.1, -0.05) is 27.3 Å². The van der Waals surface area contributed by atoms with Gasteiger partial charge in [0.15, 0.2) is 5.78 Å². The maximum absolute atomic E-state index is 12.9. The summed E-state index contributed by atoms with van der Waals surface area (Å²) in [7, 11) is 2.69. The van der Waals surface area contributed by atoms with Gasteiger partial charge in [0.05, 0.1) is 0 Å². The number of carbonyl (C=O) groups excluding carboxylic acids is 1. The minimum absolute atomic E-state index is 0.269. The highest BCUT2D eigenvalue weighted by molar-refractivity contribution is 9.10. The first kappa shape index (κ1) is 14.2. The molecule has 1 N–H and O–H groups in total. The van der Waals surface area contributed by atoms with Crippen LogP contribution in [0, 0.1) is 10.8 Å². The van der Waals surface area contributed by atoms with Crippen molar-refractivity contribution in [2.45, 2.75) is 32.6 Å². The van der Waals surface area contributed by atoms with Crippen molar-refractivity contribution in [1.29, 1.82) is 5.41 Å². The van der Waals surface area contributed by atoms with Crippen LogP contribution in [-0.2, 0) is 6.42 Å². The number of allylic oxidation sites excluding steroid dienone is 2. The zero-order valence-corrected chi connectivity index (χ0v) is 14.2. The number of nitrogens with one attached hydrogen (secondary N) is 1. The van der Waals surface area contributed by atoms with Gasteiger partial charge in [-0.3, -0.25) is 4.79 Å². The number of ketones is 1. The lowest BCUT2D eigenvalue weighted by atomic mass is 9.68. The van der Waals surface area contributed by atoms with E-state index in [1.165, 1.54) is 0 Å². The summed E-state index contributed by atoms with van der Waals surface area (Å²) >= 11 is 3.45. The summed E-state index contributed by atoms with van der Waals surface area (Å²) < 4.78 is 0.961. The number of benzene rings is 1. The zero-order chi connectivity index (χ0) is 14.5. The fourth-order valence-corrected chi connectivity index (χ4v) is 4.05. The van der Waals surface area contributed by atoms with E-state index in [4.69, 9.17) is 5.41 Å². The molecule has 2 atom stereocenters. The first-order valence-electron chi connectivity index (χ1n) is 6.79. The first-order chi connectivity index (χ1) is 9.43. The monoisotopic (exact) mass is 349 g/mol. The molecule has 2 nitrogen and oxygen atoms in total. The van der Waals surface area contributed by atoms with Gasteiger partial charge in [0, 0.05) is 21.2 Å². The van der Waals surface area contributed by atoms with Gasteiger partial charge in [-0.25, -0.2) is 0 Å². The van der Waals surface area contributed by atoms with Crippen molar-refractivity contribution >= 4 is 36.7 Å². The molecule has 2 aliphatic rings. The maximum atomic E-state index is 12.9. The highest BCUT2D eigenvalue weighted by atomic mass is 79.9. The van der Waals surface area contributed by atoms with E-state index in [-0.39, 0.29) is 11.2 Å². The molecule has 20 heavy (non-hydrogen) atoms. The number of Topliss-reactive ketones (excluding diaryl/α,β-unsaturated/α-hetero) is 1. The Kier molecular flexibility index (Phi) is 3.46. The van der Waals surface area contributed by atoms with Crippen LogP contribution >= 0.6 is 25.2 Å². The molecule has 0 aliphatic heterocycles. The Bertz CT molecular complexity index is 660. The molecule has 104 valence electrons. The first-order valence-corrected chi connectivity index (χ1v) is 8.16. The fourth-order valence-electron chi connectivity index (χ4n) is 3.42. The summed E-state index contributed by atoms with van der Waals surface area (Å²) in [5.74, 6) is 0.269. The standard InChI is InChI=1S/C16H17BrNOP/c1-9(20)13-8-16(5-4-14(13)18)7-10-2-3-11(17)6-12(10)15(16)19/h2-3,6,18H,4-5,7-8,20H2,1H3. The molecule has 1 saturated carbocycles. The molecule has 0 radical (unpaired) electrons. The van der Waals surface area contributed by atoms with E-state index in [1.807, 2.05) is 19.1 Å². The zero-order valence-electron chi connectivity index (χ0n) is 11.4. The SMILES string of the molecule is CC(P)=C1CC2(CCC1=N)Cc1ccc(Br)cc1C2=O. The third-order valence-electron chi connectivity index (χ3n) is 4.54. The van der Waals surface area contributed by atoms with Crippen molar-refractivity contribution in [2.24, 2.45) is 5.41 Å². The minimum Gasteiger partial charge on any atom is -0.305 e. The van der Waals surface area contributed by atoms with Crippen LogP contribution in [0.25, 0.3) is 0 Å². The Hall–Kier alpha value is -0.790. The molecule has 0 amide bonds. The number of rotatable bonds is 0. The van der Waals surface area contributed by atoms with Crippen LogP contribution < -0.4 is 0 Å². The van der Waals surface area contributed by atoms with Gasteiger partial charge in [0.25, 0.3) is 0 Å². The van der Waals surface area contributed by atoms with Crippen LogP contribution in [-0.4, -0.2) is 11.5 Å². The van der Waals surface area contributed by atoms with Crippen molar-refractivity contribution in [2.75, 3.05) is 0 Å². The Morgan fingerprint density at radius 3 is 2.85 bits per heavy atom. The molecule has 0 bridgehead atoms. The van der Waals surface area contributed by atoms with Gasteiger partial charge in [-0.05, 0) is 55.9 Å². The van der Waals surface area contributed by atoms with Gasteiger partial charge in [-0.2, -0.15) is 0 Å². The van der Waals surface area contributed by atoms with Crippen molar-refractivity contribution in [3.05, 3.63) is 44.7 Å². The lowest BCUT2D eigenvalue weighted by Gasteiger charge is -2.34. The van der Waals surface area contributed by atoms with E-state index in [0.717, 1.165) is 39.3 Å². The van der Waals surface area contributed by atoms with Gasteiger partial charge < -0.3 is 5.41 Å². The Morgan fingerprint density at radius 1 is 1.40 bits per heavy atom. The van der Waals surface area contributed by atoms with Crippen LogP contribution in [0.1, 0.15) is 42.1 Å². The molecule has 3 rings (SSSR count). The number of fused-ring (bicyclic) bond motifs is 1. The van der Waals surface area contributed by atoms with Crippen LogP contribution in [0.3, 0.4) is 0 Å². The second-order valence-corrected chi connectivity index (χ2v) is 7.69. The van der Waals surface area contributed by atoms with E-state index in [0.29, 0.717) is 18.6 Å².